The van der Waals surface area contributed by atoms with Gasteiger partial charge in [-0.15, -0.1) is 0 Å². The van der Waals surface area contributed by atoms with Gasteiger partial charge in [-0.3, -0.25) is 4.79 Å². The van der Waals surface area contributed by atoms with Gasteiger partial charge in [-0.25, -0.2) is 4.52 Å². The first-order valence-electron chi connectivity index (χ1n) is 8.83. The number of ether oxygens (including phenoxy) is 1. The molecule has 1 amide bonds. The molecule has 0 bridgehead atoms. The molecule has 2 aromatic rings. The standard InChI is InChI=1S/C18H24N4O2/c23-18(16-11-19-22-7-2-1-3-17(16)22)20-15-4-8-21(9-5-15)12-14-6-10-24-13-14/h1-3,7,11,14-15H,4-6,8-10,12-13H2,(H,20,23). The van der Waals surface area contributed by atoms with E-state index in [9.17, 15) is 4.79 Å². The largest absolute Gasteiger partial charge is 0.381 e. The lowest BCUT2D eigenvalue weighted by Gasteiger charge is -2.33. The highest BCUT2D eigenvalue weighted by Gasteiger charge is 2.25. The van der Waals surface area contributed by atoms with Gasteiger partial charge in [0.15, 0.2) is 0 Å². The fourth-order valence-electron chi connectivity index (χ4n) is 3.72. The fourth-order valence-corrected chi connectivity index (χ4v) is 3.72. The van der Waals surface area contributed by atoms with Crippen LogP contribution in [0.1, 0.15) is 29.6 Å². The number of pyridine rings is 1. The van der Waals surface area contributed by atoms with E-state index < -0.39 is 0 Å². The summed E-state index contributed by atoms with van der Waals surface area (Å²) >= 11 is 0. The number of carbonyl (C=O) groups excluding carboxylic acids is 1. The second-order valence-corrected chi connectivity index (χ2v) is 6.87. The number of likely N-dealkylation sites (tertiary alicyclic amines) is 1. The number of piperidine rings is 1. The molecule has 1 unspecified atom stereocenters. The van der Waals surface area contributed by atoms with E-state index in [1.165, 1.54) is 6.42 Å². The number of hydrogen-bond donors (Lipinski definition) is 1. The molecular weight excluding hydrogens is 304 g/mol. The summed E-state index contributed by atoms with van der Waals surface area (Å²) in [5, 5.41) is 7.42. The summed E-state index contributed by atoms with van der Waals surface area (Å²) < 4.78 is 7.19. The van der Waals surface area contributed by atoms with Crippen LogP contribution >= 0.6 is 0 Å². The van der Waals surface area contributed by atoms with Gasteiger partial charge < -0.3 is 15.0 Å². The Labute approximate surface area is 141 Å². The zero-order chi connectivity index (χ0) is 16.4. The van der Waals surface area contributed by atoms with Crippen LogP contribution in [0.3, 0.4) is 0 Å². The van der Waals surface area contributed by atoms with Gasteiger partial charge in [-0.2, -0.15) is 5.10 Å². The monoisotopic (exact) mass is 328 g/mol. The van der Waals surface area contributed by atoms with Crippen molar-refractivity contribution in [1.82, 2.24) is 19.8 Å². The Morgan fingerprint density at radius 3 is 2.96 bits per heavy atom. The molecule has 1 N–H and O–H groups in total. The molecule has 6 heteroatoms. The molecule has 0 radical (unpaired) electrons. The quantitative estimate of drug-likeness (QED) is 0.925. The minimum absolute atomic E-state index is 0.0150. The molecular formula is C18H24N4O2. The maximum Gasteiger partial charge on any atom is 0.255 e. The number of nitrogens with zero attached hydrogens (tertiary/aromatic N) is 3. The SMILES string of the molecule is O=C(NC1CCN(CC2CCOC2)CC1)c1cnn2ccccc12. The Morgan fingerprint density at radius 1 is 1.29 bits per heavy atom. The number of carbonyl (C=O) groups is 1. The van der Waals surface area contributed by atoms with Crippen LogP contribution in [-0.2, 0) is 4.74 Å². The van der Waals surface area contributed by atoms with E-state index in [1.807, 2.05) is 24.4 Å². The number of rotatable bonds is 4. The fraction of sp³-hybridized carbons (Fsp3) is 0.556. The van der Waals surface area contributed by atoms with E-state index >= 15 is 0 Å². The predicted molar refractivity (Wildman–Crippen MR) is 91.0 cm³/mol. The van der Waals surface area contributed by atoms with Crippen molar-refractivity contribution in [1.29, 1.82) is 0 Å². The van der Waals surface area contributed by atoms with Crippen molar-refractivity contribution in [2.24, 2.45) is 5.92 Å². The third-order valence-electron chi connectivity index (χ3n) is 5.13. The summed E-state index contributed by atoms with van der Waals surface area (Å²) in [5.41, 5.74) is 1.51. The van der Waals surface area contributed by atoms with Crippen molar-refractivity contribution >= 4 is 11.4 Å². The maximum atomic E-state index is 12.6. The highest BCUT2D eigenvalue weighted by atomic mass is 16.5. The van der Waals surface area contributed by atoms with Gasteiger partial charge in [0.05, 0.1) is 23.9 Å². The minimum Gasteiger partial charge on any atom is -0.381 e. The van der Waals surface area contributed by atoms with Crippen molar-refractivity contribution < 1.29 is 9.53 Å². The summed E-state index contributed by atoms with van der Waals surface area (Å²) in [6.45, 7) is 5.06. The van der Waals surface area contributed by atoms with E-state index in [4.69, 9.17) is 4.74 Å². The Morgan fingerprint density at radius 2 is 2.17 bits per heavy atom. The normalized spacial score (nSPS) is 22.9. The van der Waals surface area contributed by atoms with E-state index in [2.05, 4.69) is 15.3 Å². The molecule has 2 aliphatic rings. The van der Waals surface area contributed by atoms with Crippen LogP contribution in [0.2, 0.25) is 0 Å². The molecule has 0 aliphatic carbocycles. The lowest BCUT2D eigenvalue weighted by Crippen LogP contribution is -2.45. The molecule has 1 atom stereocenters. The molecule has 4 rings (SSSR count). The summed E-state index contributed by atoms with van der Waals surface area (Å²) in [5.74, 6) is 0.675. The molecule has 6 nitrogen and oxygen atoms in total. The summed E-state index contributed by atoms with van der Waals surface area (Å²) in [7, 11) is 0. The van der Waals surface area contributed by atoms with Crippen molar-refractivity contribution in [3.8, 4) is 0 Å². The summed E-state index contributed by atoms with van der Waals surface area (Å²) in [6, 6.07) is 6.02. The van der Waals surface area contributed by atoms with Crippen molar-refractivity contribution in [2.75, 3.05) is 32.8 Å². The van der Waals surface area contributed by atoms with Crippen LogP contribution in [0, 0.1) is 5.92 Å². The third-order valence-corrected chi connectivity index (χ3v) is 5.13. The number of nitrogens with one attached hydrogen (secondary N) is 1. The van der Waals surface area contributed by atoms with Crippen molar-refractivity contribution in [3.63, 3.8) is 0 Å². The van der Waals surface area contributed by atoms with Gasteiger partial charge in [0.1, 0.15) is 0 Å². The lowest BCUT2D eigenvalue weighted by atomic mass is 10.0. The van der Waals surface area contributed by atoms with Crippen LogP contribution in [0.15, 0.2) is 30.6 Å². The van der Waals surface area contributed by atoms with Gasteiger partial charge in [-0.05, 0) is 37.3 Å². The first-order chi connectivity index (χ1) is 11.8. The Hall–Kier alpha value is -1.92. The number of amides is 1. The van der Waals surface area contributed by atoms with Gasteiger partial charge in [0.25, 0.3) is 5.91 Å². The molecule has 2 aromatic heterocycles. The number of hydrogen-bond acceptors (Lipinski definition) is 4. The minimum atomic E-state index is -0.0150. The second-order valence-electron chi connectivity index (χ2n) is 6.87. The molecule has 0 spiro atoms. The zero-order valence-electron chi connectivity index (χ0n) is 13.9. The van der Waals surface area contributed by atoms with Crippen LogP contribution in [0.4, 0.5) is 0 Å². The lowest BCUT2D eigenvalue weighted by molar-refractivity contribution is 0.0905. The first-order valence-corrected chi connectivity index (χ1v) is 8.83. The van der Waals surface area contributed by atoms with Crippen LogP contribution in [-0.4, -0.2) is 59.3 Å². The molecule has 2 aliphatic heterocycles. The average molecular weight is 328 g/mol. The van der Waals surface area contributed by atoms with Gasteiger partial charge in [0.2, 0.25) is 0 Å². The van der Waals surface area contributed by atoms with E-state index in [0.29, 0.717) is 11.5 Å². The molecule has 0 aromatic carbocycles. The predicted octanol–water partition coefficient (Wildman–Crippen LogP) is 1.57. The molecule has 24 heavy (non-hydrogen) atoms. The van der Waals surface area contributed by atoms with Gasteiger partial charge in [0, 0.05) is 38.5 Å². The van der Waals surface area contributed by atoms with E-state index in [-0.39, 0.29) is 11.9 Å². The molecule has 2 fully saturated rings. The number of fused-ring (bicyclic) bond motifs is 1. The molecule has 2 saturated heterocycles. The Kier molecular flexibility index (Phi) is 4.49. The Balaban J connectivity index is 1.31. The smallest absolute Gasteiger partial charge is 0.255 e. The molecule has 4 heterocycles. The first kappa shape index (κ1) is 15.6. The third kappa shape index (κ3) is 3.30. The van der Waals surface area contributed by atoms with Gasteiger partial charge in [-0.1, -0.05) is 6.07 Å². The Bertz CT molecular complexity index is 700. The molecule has 128 valence electrons. The topological polar surface area (TPSA) is 58.9 Å². The number of aromatic nitrogens is 2. The summed E-state index contributed by atoms with van der Waals surface area (Å²) in [6.07, 6.45) is 6.72. The zero-order valence-corrected chi connectivity index (χ0v) is 13.9. The van der Waals surface area contributed by atoms with Crippen LogP contribution in [0.25, 0.3) is 5.52 Å². The maximum absolute atomic E-state index is 12.6. The van der Waals surface area contributed by atoms with E-state index in [0.717, 1.165) is 51.2 Å². The van der Waals surface area contributed by atoms with Crippen molar-refractivity contribution in [2.45, 2.75) is 25.3 Å². The van der Waals surface area contributed by atoms with Gasteiger partial charge >= 0.3 is 0 Å². The average Bonchev–Trinajstić information content (AvgIpc) is 3.26. The van der Waals surface area contributed by atoms with E-state index in [1.54, 1.807) is 10.7 Å². The van der Waals surface area contributed by atoms with Crippen LogP contribution in [0.5, 0.6) is 0 Å². The summed E-state index contributed by atoms with van der Waals surface area (Å²) in [4.78, 5) is 15.1. The molecule has 0 saturated carbocycles. The highest BCUT2D eigenvalue weighted by molar-refractivity contribution is 6.00. The highest BCUT2D eigenvalue weighted by Crippen LogP contribution is 2.18. The second kappa shape index (κ2) is 6.91. The van der Waals surface area contributed by atoms with Crippen molar-refractivity contribution in [3.05, 3.63) is 36.2 Å². The van der Waals surface area contributed by atoms with Crippen LogP contribution < -0.4 is 5.32 Å².